The number of aromatic nitrogens is 1. The van der Waals surface area contributed by atoms with Crippen LogP contribution in [0.1, 0.15) is 12.0 Å². The number of carbonyl (C=O) groups is 1. The van der Waals surface area contributed by atoms with Gasteiger partial charge >= 0.3 is 5.97 Å². The molecular weight excluding hydrogens is 196 g/mol. The maximum atomic E-state index is 10.7. The second-order valence-electron chi connectivity index (χ2n) is 3.75. The zero-order chi connectivity index (χ0) is 10.9. The Balaban J connectivity index is 2.20. The molecule has 0 spiro atoms. The highest BCUT2D eigenvalue weighted by atomic mass is 16.4. The smallest absolute Gasteiger partial charge is 0.320 e. The number of rotatable bonds is 2. The number of aliphatic carboxylic acids is 1. The van der Waals surface area contributed by atoms with Crippen molar-refractivity contribution in [3.63, 3.8) is 0 Å². The van der Waals surface area contributed by atoms with Crippen LogP contribution >= 0.6 is 0 Å². The largest absolute Gasteiger partial charge is 0.480 e. The third-order valence-electron chi connectivity index (χ3n) is 2.68. The first-order valence-corrected chi connectivity index (χ1v) is 4.71. The molecule has 3 N–H and O–H groups in total. The number of carboxylic acid groups (broad SMARTS) is 1. The van der Waals surface area contributed by atoms with Gasteiger partial charge in [0.15, 0.2) is 0 Å². The average molecular weight is 208 g/mol. The summed E-state index contributed by atoms with van der Waals surface area (Å²) >= 11 is 0. The van der Waals surface area contributed by atoms with Gasteiger partial charge in [0.2, 0.25) is 0 Å². The Morgan fingerprint density at radius 3 is 3.00 bits per heavy atom. The average Bonchev–Trinajstić information content (AvgIpc) is 2.64. The second kappa shape index (κ2) is 3.60. The summed E-state index contributed by atoms with van der Waals surface area (Å²) in [5, 5.41) is 21.8. The molecule has 80 valence electrons. The molecule has 0 bridgehead atoms. The molecule has 2 atom stereocenters. The molecular formula is C10H12N2O3. The summed E-state index contributed by atoms with van der Waals surface area (Å²) in [6, 6.07) is 2.79. The van der Waals surface area contributed by atoms with Gasteiger partial charge in [-0.05, 0) is 6.07 Å². The molecule has 5 nitrogen and oxygen atoms in total. The van der Waals surface area contributed by atoms with Gasteiger partial charge in [-0.1, -0.05) is 6.07 Å². The molecule has 2 rings (SSSR count). The Labute approximate surface area is 86.8 Å². The lowest BCUT2D eigenvalue weighted by Crippen LogP contribution is -2.30. The van der Waals surface area contributed by atoms with Crippen LogP contribution in [0.4, 0.5) is 0 Å². The van der Waals surface area contributed by atoms with Gasteiger partial charge < -0.3 is 15.5 Å². The summed E-state index contributed by atoms with van der Waals surface area (Å²) in [6.07, 6.45) is 3.35. The van der Waals surface area contributed by atoms with Crippen molar-refractivity contribution >= 4 is 5.97 Å². The van der Waals surface area contributed by atoms with Crippen molar-refractivity contribution in [1.29, 1.82) is 0 Å². The zero-order valence-electron chi connectivity index (χ0n) is 8.05. The van der Waals surface area contributed by atoms with Crippen LogP contribution in [0.3, 0.4) is 0 Å². The summed E-state index contributed by atoms with van der Waals surface area (Å²) in [4.78, 5) is 14.6. The maximum absolute atomic E-state index is 10.7. The molecule has 0 amide bonds. The summed E-state index contributed by atoms with van der Waals surface area (Å²) in [5.74, 6) is -0.935. The fourth-order valence-corrected chi connectivity index (χ4v) is 1.81. The zero-order valence-corrected chi connectivity index (χ0v) is 8.05. The number of carboxylic acids is 1. The first kappa shape index (κ1) is 10.1. The molecule has 1 unspecified atom stereocenters. The van der Waals surface area contributed by atoms with Crippen LogP contribution in [0, 0.1) is 0 Å². The normalized spacial score (nSPS) is 30.3. The monoisotopic (exact) mass is 208 g/mol. The van der Waals surface area contributed by atoms with Crippen LogP contribution in [-0.4, -0.2) is 33.8 Å². The Morgan fingerprint density at radius 2 is 2.47 bits per heavy atom. The number of nitrogens with zero attached hydrogens (tertiary/aromatic N) is 1. The molecule has 5 heteroatoms. The first-order chi connectivity index (χ1) is 7.12. The molecule has 1 fully saturated rings. The van der Waals surface area contributed by atoms with Gasteiger partial charge in [0.1, 0.15) is 11.6 Å². The van der Waals surface area contributed by atoms with Crippen LogP contribution in [0.2, 0.25) is 0 Å². The number of hydrogen-bond acceptors (Lipinski definition) is 4. The van der Waals surface area contributed by atoms with Crippen molar-refractivity contribution in [3.05, 3.63) is 30.1 Å². The quantitative estimate of drug-likeness (QED) is 0.622. The highest BCUT2D eigenvalue weighted by Crippen LogP contribution is 2.29. The molecule has 1 aliphatic heterocycles. The van der Waals surface area contributed by atoms with Crippen molar-refractivity contribution in [1.82, 2.24) is 10.3 Å². The lowest BCUT2D eigenvalue weighted by atomic mass is 9.92. The third-order valence-corrected chi connectivity index (χ3v) is 2.68. The Hall–Kier alpha value is -1.46. The first-order valence-electron chi connectivity index (χ1n) is 4.71. The van der Waals surface area contributed by atoms with E-state index in [9.17, 15) is 9.90 Å². The molecule has 1 aromatic rings. The van der Waals surface area contributed by atoms with Gasteiger partial charge in [-0.3, -0.25) is 9.78 Å². The molecule has 0 aliphatic carbocycles. The highest BCUT2D eigenvalue weighted by Gasteiger charge is 2.41. The third kappa shape index (κ3) is 1.84. The van der Waals surface area contributed by atoms with Crippen LogP contribution in [0.5, 0.6) is 0 Å². The van der Waals surface area contributed by atoms with Gasteiger partial charge in [-0.2, -0.15) is 0 Å². The molecule has 1 saturated heterocycles. The standard InChI is InChI=1S/C10H12N2O3/c13-9(14)8-4-10(15,6-12-8)7-2-1-3-11-5-7/h1-3,5,8,12,15H,4,6H2,(H,13,14)/t8-,10?/m0/s1. The maximum Gasteiger partial charge on any atom is 0.320 e. The minimum atomic E-state index is -1.11. The van der Waals surface area contributed by atoms with Crippen LogP contribution in [-0.2, 0) is 10.4 Å². The molecule has 0 saturated carbocycles. The van der Waals surface area contributed by atoms with Crippen molar-refractivity contribution in [3.8, 4) is 0 Å². The van der Waals surface area contributed by atoms with Crippen LogP contribution in [0.15, 0.2) is 24.5 Å². The van der Waals surface area contributed by atoms with E-state index in [-0.39, 0.29) is 13.0 Å². The number of pyridine rings is 1. The van der Waals surface area contributed by atoms with Gasteiger partial charge in [0.25, 0.3) is 0 Å². The minimum Gasteiger partial charge on any atom is -0.480 e. The number of aliphatic hydroxyl groups is 1. The Bertz CT molecular complexity index is 368. The molecule has 15 heavy (non-hydrogen) atoms. The van der Waals surface area contributed by atoms with Gasteiger partial charge in [-0.25, -0.2) is 0 Å². The van der Waals surface area contributed by atoms with Crippen molar-refractivity contribution in [2.45, 2.75) is 18.1 Å². The lowest BCUT2D eigenvalue weighted by Gasteiger charge is -2.21. The molecule has 2 heterocycles. The van der Waals surface area contributed by atoms with E-state index in [4.69, 9.17) is 5.11 Å². The number of hydrogen-bond donors (Lipinski definition) is 3. The minimum absolute atomic E-state index is 0.175. The van der Waals surface area contributed by atoms with Gasteiger partial charge in [0, 0.05) is 30.9 Å². The van der Waals surface area contributed by atoms with E-state index in [0.717, 1.165) is 0 Å². The van der Waals surface area contributed by atoms with E-state index in [1.54, 1.807) is 24.5 Å². The Kier molecular flexibility index (Phi) is 2.42. The SMILES string of the molecule is O=C(O)[C@@H]1CC(O)(c2cccnc2)CN1. The topological polar surface area (TPSA) is 82.5 Å². The fraction of sp³-hybridized carbons (Fsp3) is 0.400. The molecule has 0 aromatic carbocycles. The lowest BCUT2D eigenvalue weighted by molar-refractivity contribution is -0.139. The van der Waals surface area contributed by atoms with Gasteiger partial charge in [0.05, 0.1) is 0 Å². The van der Waals surface area contributed by atoms with E-state index in [1.807, 2.05) is 0 Å². The highest BCUT2D eigenvalue weighted by molar-refractivity contribution is 5.74. The van der Waals surface area contributed by atoms with E-state index in [0.29, 0.717) is 5.56 Å². The van der Waals surface area contributed by atoms with E-state index in [2.05, 4.69) is 10.3 Å². The predicted octanol–water partition coefficient (Wildman–Crippen LogP) is -0.284. The summed E-state index contributed by atoms with van der Waals surface area (Å²) < 4.78 is 0. The van der Waals surface area contributed by atoms with Crippen LogP contribution < -0.4 is 5.32 Å². The van der Waals surface area contributed by atoms with Gasteiger partial charge in [-0.15, -0.1) is 0 Å². The molecule has 1 aromatic heterocycles. The number of nitrogens with one attached hydrogen (secondary N) is 1. The fourth-order valence-electron chi connectivity index (χ4n) is 1.81. The second-order valence-corrected chi connectivity index (χ2v) is 3.75. The summed E-state index contributed by atoms with van der Waals surface area (Å²) in [5.41, 5.74) is -0.460. The van der Waals surface area contributed by atoms with Crippen molar-refractivity contribution in [2.24, 2.45) is 0 Å². The van der Waals surface area contributed by atoms with E-state index in [1.165, 1.54) is 0 Å². The number of β-amino-alcohol motifs (C(OH)–C–C–N with tert-alkyl or cyclic N) is 1. The Morgan fingerprint density at radius 1 is 1.67 bits per heavy atom. The predicted molar refractivity (Wildman–Crippen MR) is 52.2 cm³/mol. The summed E-state index contributed by atoms with van der Waals surface area (Å²) in [7, 11) is 0. The van der Waals surface area contributed by atoms with E-state index < -0.39 is 17.6 Å². The summed E-state index contributed by atoms with van der Waals surface area (Å²) in [6.45, 7) is 0.246. The molecule has 0 radical (unpaired) electrons. The van der Waals surface area contributed by atoms with Crippen molar-refractivity contribution in [2.75, 3.05) is 6.54 Å². The van der Waals surface area contributed by atoms with Crippen LogP contribution in [0.25, 0.3) is 0 Å². The van der Waals surface area contributed by atoms with Crippen molar-refractivity contribution < 1.29 is 15.0 Å². The van der Waals surface area contributed by atoms with E-state index >= 15 is 0 Å². The molecule has 1 aliphatic rings.